The van der Waals surface area contributed by atoms with Crippen LogP contribution in [-0.4, -0.2) is 35.4 Å². The highest BCUT2D eigenvalue weighted by molar-refractivity contribution is 6.04. The van der Waals surface area contributed by atoms with Gasteiger partial charge in [0.25, 0.3) is 5.91 Å². The van der Waals surface area contributed by atoms with Crippen LogP contribution in [-0.2, 0) is 11.3 Å². The molecular formula is C19H20N2O5. The number of ketones is 1. The van der Waals surface area contributed by atoms with Crippen molar-refractivity contribution in [2.45, 2.75) is 19.5 Å². The molecule has 2 aromatic rings. The fourth-order valence-corrected chi connectivity index (χ4v) is 2.25. The molecule has 0 saturated heterocycles. The van der Waals surface area contributed by atoms with E-state index in [1.807, 2.05) is 0 Å². The van der Waals surface area contributed by atoms with Crippen LogP contribution in [0.15, 0.2) is 48.5 Å². The van der Waals surface area contributed by atoms with Gasteiger partial charge in [0.1, 0.15) is 5.75 Å². The monoisotopic (exact) mass is 356 g/mol. The highest BCUT2D eigenvalue weighted by atomic mass is 16.5. The minimum absolute atomic E-state index is 0.262. The van der Waals surface area contributed by atoms with E-state index in [9.17, 15) is 14.4 Å². The van der Waals surface area contributed by atoms with Gasteiger partial charge in [0, 0.05) is 17.7 Å². The summed E-state index contributed by atoms with van der Waals surface area (Å²) in [7, 11) is 0. The van der Waals surface area contributed by atoms with Crippen LogP contribution in [0.25, 0.3) is 0 Å². The molecular weight excluding hydrogens is 336 g/mol. The van der Waals surface area contributed by atoms with Crippen LogP contribution >= 0.6 is 0 Å². The maximum absolute atomic E-state index is 12.4. The Morgan fingerprint density at radius 3 is 2.15 bits per heavy atom. The van der Waals surface area contributed by atoms with Crippen molar-refractivity contribution in [1.29, 1.82) is 0 Å². The van der Waals surface area contributed by atoms with Crippen molar-refractivity contribution in [3.05, 3.63) is 65.2 Å². The quantitative estimate of drug-likeness (QED) is 0.618. The van der Waals surface area contributed by atoms with Crippen LogP contribution in [0, 0.1) is 0 Å². The Bertz CT molecular complexity index is 785. The van der Waals surface area contributed by atoms with E-state index in [0.717, 1.165) is 5.56 Å². The average Bonchev–Trinajstić information content (AvgIpc) is 2.66. The summed E-state index contributed by atoms with van der Waals surface area (Å²) in [6, 6.07) is 12.2. The van der Waals surface area contributed by atoms with Crippen LogP contribution in [0.4, 0.5) is 0 Å². The summed E-state index contributed by atoms with van der Waals surface area (Å²) in [5.41, 5.74) is 7.27. The summed E-state index contributed by atoms with van der Waals surface area (Å²) >= 11 is 0. The highest BCUT2D eigenvalue weighted by Crippen LogP contribution is 2.14. The SMILES string of the molecule is C[C@H](NC(=O)c1ccc(CN)cc1)C(=O)c1ccc(OCC(=O)O)cc1. The van der Waals surface area contributed by atoms with Gasteiger partial charge < -0.3 is 20.9 Å². The molecule has 0 fully saturated rings. The summed E-state index contributed by atoms with van der Waals surface area (Å²) in [5.74, 6) is -1.35. The Balaban J connectivity index is 1.97. The van der Waals surface area contributed by atoms with Gasteiger partial charge in [-0.1, -0.05) is 12.1 Å². The Morgan fingerprint density at radius 2 is 1.62 bits per heavy atom. The molecule has 0 aliphatic heterocycles. The topological polar surface area (TPSA) is 119 Å². The first-order valence-electron chi connectivity index (χ1n) is 7.99. The van der Waals surface area contributed by atoms with Gasteiger partial charge in [-0.15, -0.1) is 0 Å². The number of carbonyl (C=O) groups is 3. The Kier molecular flexibility index (Phi) is 6.46. The lowest BCUT2D eigenvalue weighted by Crippen LogP contribution is -2.38. The standard InChI is InChI=1S/C19H20N2O5/c1-12(21-19(25)15-4-2-13(10-20)3-5-15)18(24)14-6-8-16(9-7-14)26-11-17(22)23/h2-9,12H,10-11,20H2,1H3,(H,21,25)(H,22,23)/t12-/m0/s1. The summed E-state index contributed by atoms with van der Waals surface area (Å²) < 4.78 is 5.01. The van der Waals surface area contributed by atoms with E-state index in [1.165, 1.54) is 24.3 Å². The lowest BCUT2D eigenvalue weighted by atomic mass is 10.0. The molecule has 0 radical (unpaired) electrons. The highest BCUT2D eigenvalue weighted by Gasteiger charge is 2.18. The van der Waals surface area contributed by atoms with E-state index in [-0.39, 0.29) is 11.7 Å². The van der Waals surface area contributed by atoms with Crippen LogP contribution in [0.1, 0.15) is 33.2 Å². The number of aliphatic carboxylic acids is 1. The number of amides is 1. The van der Waals surface area contributed by atoms with Crippen molar-refractivity contribution in [1.82, 2.24) is 5.32 Å². The zero-order valence-electron chi connectivity index (χ0n) is 14.3. The smallest absolute Gasteiger partial charge is 0.341 e. The van der Waals surface area contributed by atoms with Crippen LogP contribution in [0.5, 0.6) is 5.75 Å². The van der Waals surface area contributed by atoms with Gasteiger partial charge in [0.15, 0.2) is 12.4 Å². The third kappa shape index (κ3) is 5.15. The number of carboxylic acids is 1. The van der Waals surface area contributed by atoms with Crippen molar-refractivity contribution in [3.8, 4) is 5.75 Å². The van der Waals surface area contributed by atoms with Gasteiger partial charge in [-0.25, -0.2) is 4.79 Å². The van der Waals surface area contributed by atoms with Crippen molar-refractivity contribution in [2.24, 2.45) is 5.73 Å². The van der Waals surface area contributed by atoms with Crippen molar-refractivity contribution >= 4 is 17.7 Å². The second-order valence-corrected chi connectivity index (χ2v) is 5.67. The summed E-state index contributed by atoms with van der Waals surface area (Å²) in [5, 5.41) is 11.2. The van der Waals surface area contributed by atoms with Gasteiger partial charge in [0.05, 0.1) is 6.04 Å². The van der Waals surface area contributed by atoms with Crippen LogP contribution < -0.4 is 15.8 Å². The third-order valence-electron chi connectivity index (χ3n) is 3.69. The molecule has 0 unspecified atom stereocenters. The fraction of sp³-hybridized carbons (Fsp3) is 0.211. The molecule has 26 heavy (non-hydrogen) atoms. The molecule has 0 aliphatic carbocycles. The minimum atomic E-state index is -1.08. The predicted octanol–water partition coefficient (Wildman–Crippen LogP) is 1.61. The van der Waals surface area contributed by atoms with E-state index in [2.05, 4.69) is 5.32 Å². The van der Waals surface area contributed by atoms with Crippen LogP contribution in [0.3, 0.4) is 0 Å². The van der Waals surface area contributed by atoms with Gasteiger partial charge in [-0.3, -0.25) is 9.59 Å². The number of hydrogen-bond acceptors (Lipinski definition) is 5. The van der Waals surface area contributed by atoms with Crippen molar-refractivity contribution < 1.29 is 24.2 Å². The normalized spacial score (nSPS) is 11.5. The molecule has 0 aliphatic rings. The van der Waals surface area contributed by atoms with E-state index in [0.29, 0.717) is 23.4 Å². The Labute approximate surface area is 150 Å². The number of Topliss-reactive ketones (excluding diaryl/α,β-unsaturated/α-hetero) is 1. The second-order valence-electron chi connectivity index (χ2n) is 5.67. The summed E-state index contributed by atoms with van der Waals surface area (Å²) in [6.45, 7) is 1.54. The maximum Gasteiger partial charge on any atom is 0.341 e. The molecule has 7 heteroatoms. The number of rotatable bonds is 8. The largest absolute Gasteiger partial charge is 0.482 e. The molecule has 0 aromatic heterocycles. The Morgan fingerprint density at radius 1 is 1.04 bits per heavy atom. The predicted molar refractivity (Wildman–Crippen MR) is 95.2 cm³/mol. The summed E-state index contributed by atoms with van der Waals surface area (Å²) in [6.07, 6.45) is 0. The lowest BCUT2D eigenvalue weighted by Gasteiger charge is -2.13. The van der Waals surface area contributed by atoms with Crippen molar-refractivity contribution in [3.63, 3.8) is 0 Å². The van der Waals surface area contributed by atoms with E-state index in [1.54, 1.807) is 31.2 Å². The van der Waals surface area contributed by atoms with Gasteiger partial charge in [-0.2, -0.15) is 0 Å². The average molecular weight is 356 g/mol. The number of ether oxygens (including phenoxy) is 1. The van der Waals surface area contributed by atoms with Crippen molar-refractivity contribution in [2.75, 3.05) is 6.61 Å². The number of carboxylic acid groups (broad SMARTS) is 1. The maximum atomic E-state index is 12.4. The number of benzene rings is 2. The molecule has 0 bridgehead atoms. The molecule has 0 heterocycles. The van der Waals surface area contributed by atoms with Gasteiger partial charge in [-0.05, 0) is 48.9 Å². The number of hydrogen-bond donors (Lipinski definition) is 3. The van der Waals surface area contributed by atoms with Crippen LogP contribution in [0.2, 0.25) is 0 Å². The lowest BCUT2D eigenvalue weighted by molar-refractivity contribution is -0.139. The number of nitrogens with two attached hydrogens (primary N) is 1. The third-order valence-corrected chi connectivity index (χ3v) is 3.69. The molecule has 1 atom stereocenters. The molecule has 1 amide bonds. The zero-order chi connectivity index (χ0) is 19.1. The first-order chi connectivity index (χ1) is 12.4. The molecule has 2 rings (SSSR count). The van der Waals surface area contributed by atoms with E-state index < -0.39 is 18.6 Å². The van der Waals surface area contributed by atoms with E-state index in [4.69, 9.17) is 15.6 Å². The second kappa shape index (κ2) is 8.77. The summed E-state index contributed by atoms with van der Waals surface area (Å²) in [4.78, 5) is 35.1. The molecule has 7 nitrogen and oxygen atoms in total. The zero-order valence-corrected chi connectivity index (χ0v) is 14.3. The Hall–Kier alpha value is -3.19. The number of carbonyl (C=O) groups excluding carboxylic acids is 2. The van der Waals surface area contributed by atoms with E-state index >= 15 is 0 Å². The number of nitrogens with one attached hydrogen (secondary N) is 1. The van der Waals surface area contributed by atoms with Gasteiger partial charge in [0.2, 0.25) is 0 Å². The molecule has 4 N–H and O–H groups in total. The molecule has 2 aromatic carbocycles. The van der Waals surface area contributed by atoms with Gasteiger partial charge >= 0.3 is 5.97 Å². The molecule has 0 spiro atoms. The minimum Gasteiger partial charge on any atom is -0.482 e. The molecule has 136 valence electrons. The molecule has 0 saturated carbocycles. The fourth-order valence-electron chi connectivity index (χ4n) is 2.25. The first-order valence-corrected chi connectivity index (χ1v) is 7.99. The first kappa shape index (κ1) is 19.1.